The number of carboxylic acid groups (broad SMARTS) is 1. The SMILES string of the molecule is C[N+](C)(CCNC(=O)C(Cc1ccccc1)CC(CS)C(=O)NCCc1cnc[nH]1)CCC(=O)O. The summed E-state index contributed by atoms with van der Waals surface area (Å²) in [6.07, 6.45) is 4.97. The number of nitrogens with one attached hydrogen (secondary N) is 3. The molecule has 0 bridgehead atoms. The molecule has 1 aromatic heterocycles. The number of hydrogen-bond donors (Lipinski definition) is 5. The van der Waals surface area contributed by atoms with Crippen LogP contribution < -0.4 is 10.6 Å². The van der Waals surface area contributed by atoms with E-state index in [9.17, 15) is 14.4 Å². The van der Waals surface area contributed by atoms with Crippen molar-refractivity contribution in [3.05, 3.63) is 54.1 Å². The number of H-pyrrole nitrogens is 1. The van der Waals surface area contributed by atoms with Gasteiger partial charge in [0.05, 0.1) is 46.5 Å². The van der Waals surface area contributed by atoms with Crippen LogP contribution in [0.25, 0.3) is 0 Å². The molecule has 0 fully saturated rings. The van der Waals surface area contributed by atoms with E-state index < -0.39 is 11.9 Å². The number of imidazole rings is 1. The molecule has 0 aliphatic rings. The predicted molar refractivity (Wildman–Crippen MR) is 138 cm³/mol. The number of aromatic nitrogens is 2. The van der Waals surface area contributed by atoms with Crippen LogP contribution in [0.2, 0.25) is 0 Å². The summed E-state index contributed by atoms with van der Waals surface area (Å²) >= 11 is 4.40. The van der Waals surface area contributed by atoms with E-state index in [0.717, 1.165) is 11.3 Å². The highest BCUT2D eigenvalue weighted by Crippen LogP contribution is 2.20. The van der Waals surface area contributed by atoms with Gasteiger partial charge in [0.25, 0.3) is 0 Å². The molecule has 0 radical (unpaired) electrons. The fourth-order valence-electron chi connectivity index (χ4n) is 3.81. The fraction of sp³-hybridized carbons (Fsp3) is 0.520. The van der Waals surface area contributed by atoms with Gasteiger partial charge >= 0.3 is 5.97 Å². The maximum atomic E-state index is 13.2. The van der Waals surface area contributed by atoms with Gasteiger partial charge in [0.1, 0.15) is 0 Å². The second-order valence-electron chi connectivity index (χ2n) is 9.44. The van der Waals surface area contributed by atoms with E-state index in [2.05, 4.69) is 33.2 Å². The number of amides is 2. The fourth-order valence-corrected chi connectivity index (χ4v) is 4.13. The van der Waals surface area contributed by atoms with Gasteiger partial charge in [-0.15, -0.1) is 0 Å². The van der Waals surface area contributed by atoms with Crippen LogP contribution in [-0.2, 0) is 27.2 Å². The van der Waals surface area contributed by atoms with Crippen LogP contribution in [0.5, 0.6) is 0 Å². The van der Waals surface area contributed by atoms with E-state index in [0.29, 0.717) is 55.7 Å². The monoisotopic (exact) mass is 504 g/mol. The summed E-state index contributed by atoms with van der Waals surface area (Å²) in [5, 5.41) is 14.9. The molecule has 0 spiro atoms. The number of quaternary nitrogens is 1. The molecular weight excluding hydrogens is 466 g/mol. The quantitative estimate of drug-likeness (QED) is 0.175. The number of rotatable bonds is 16. The zero-order valence-electron chi connectivity index (χ0n) is 20.6. The lowest BCUT2D eigenvalue weighted by atomic mass is 9.88. The van der Waals surface area contributed by atoms with Crippen LogP contribution in [0.3, 0.4) is 0 Å². The number of carboxylic acids is 1. The van der Waals surface area contributed by atoms with Crippen LogP contribution in [0.1, 0.15) is 24.1 Å². The van der Waals surface area contributed by atoms with Gasteiger partial charge in [-0.25, -0.2) is 4.98 Å². The van der Waals surface area contributed by atoms with Crippen LogP contribution in [-0.4, -0.2) is 83.4 Å². The van der Waals surface area contributed by atoms with Crippen molar-refractivity contribution in [1.29, 1.82) is 0 Å². The number of aromatic amines is 1. The number of carbonyl (C=O) groups excluding carboxylic acids is 2. The van der Waals surface area contributed by atoms with Gasteiger partial charge in [0.2, 0.25) is 11.8 Å². The molecule has 4 N–H and O–H groups in total. The van der Waals surface area contributed by atoms with Gasteiger partial charge in [-0.2, -0.15) is 12.6 Å². The summed E-state index contributed by atoms with van der Waals surface area (Å²) in [4.78, 5) is 43.8. The van der Waals surface area contributed by atoms with Crippen LogP contribution in [0, 0.1) is 11.8 Å². The lowest BCUT2D eigenvalue weighted by Gasteiger charge is -2.29. The Morgan fingerprint density at radius 1 is 1.06 bits per heavy atom. The molecule has 1 heterocycles. The molecule has 192 valence electrons. The van der Waals surface area contributed by atoms with Gasteiger partial charge in [-0.3, -0.25) is 14.4 Å². The third-order valence-corrected chi connectivity index (χ3v) is 6.49. The molecule has 0 saturated carbocycles. The Morgan fingerprint density at radius 2 is 1.74 bits per heavy atom. The highest BCUT2D eigenvalue weighted by Gasteiger charge is 2.27. The molecule has 10 heteroatoms. The smallest absolute Gasteiger partial charge is 0.309 e. The first-order valence-electron chi connectivity index (χ1n) is 11.9. The summed E-state index contributed by atoms with van der Waals surface area (Å²) < 4.78 is 0.494. The number of likely N-dealkylation sites (N-methyl/N-ethyl adjacent to an activating group) is 1. The van der Waals surface area contributed by atoms with Crippen molar-refractivity contribution in [3.63, 3.8) is 0 Å². The Morgan fingerprint density at radius 3 is 2.37 bits per heavy atom. The van der Waals surface area contributed by atoms with Crippen molar-refractivity contribution in [1.82, 2.24) is 20.6 Å². The zero-order valence-corrected chi connectivity index (χ0v) is 21.5. The van der Waals surface area contributed by atoms with E-state index in [1.54, 1.807) is 12.5 Å². The van der Waals surface area contributed by atoms with Crippen molar-refractivity contribution < 1.29 is 24.0 Å². The van der Waals surface area contributed by atoms with Crippen molar-refractivity contribution in [2.75, 3.05) is 46.0 Å². The maximum absolute atomic E-state index is 13.2. The summed E-state index contributed by atoms with van der Waals surface area (Å²) in [6.45, 7) is 2.00. The lowest BCUT2D eigenvalue weighted by molar-refractivity contribution is -0.888. The van der Waals surface area contributed by atoms with E-state index >= 15 is 0 Å². The summed E-state index contributed by atoms with van der Waals surface area (Å²) in [7, 11) is 3.89. The third-order valence-electron chi connectivity index (χ3n) is 6.05. The van der Waals surface area contributed by atoms with E-state index in [1.807, 2.05) is 44.4 Å². The maximum Gasteiger partial charge on any atom is 0.309 e. The minimum atomic E-state index is -0.830. The van der Waals surface area contributed by atoms with E-state index in [-0.39, 0.29) is 24.2 Å². The number of thiol groups is 1. The molecule has 2 atom stereocenters. The van der Waals surface area contributed by atoms with Crippen molar-refractivity contribution in [2.24, 2.45) is 11.8 Å². The zero-order chi connectivity index (χ0) is 25.7. The Kier molecular flexibility index (Phi) is 11.8. The predicted octanol–water partition coefficient (Wildman–Crippen LogP) is 1.53. The Labute approximate surface area is 212 Å². The largest absolute Gasteiger partial charge is 0.481 e. The molecule has 0 aliphatic carbocycles. The lowest BCUT2D eigenvalue weighted by Crippen LogP contribution is -2.47. The Hall–Kier alpha value is -2.85. The highest BCUT2D eigenvalue weighted by molar-refractivity contribution is 7.80. The summed E-state index contributed by atoms with van der Waals surface area (Å²) in [6, 6.07) is 9.76. The van der Waals surface area contributed by atoms with Gasteiger partial charge in [0.15, 0.2) is 0 Å². The second kappa shape index (κ2) is 14.5. The van der Waals surface area contributed by atoms with Crippen LogP contribution >= 0.6 is 12.6 Å². The topological polar surface area (TPSA) is 124 Å². The van der Waals surface area contributed by atoms with Gasteiger partial charge in [-0.05, 0) is 18.4 Å². The number of hydrogen-bond acceptors (Lipinski definition) is 5. The second-order valence-corrected chi connectivity index (χ2v) is 9.80. The molecule has 9 nitrogen and oxygen atoms in total. The number of carbonyl (C=O) groups is 3. The van der Waals surface area contributed by atoms with E-state index in [4.69, 9.17) is 5.11 Å². The normalized spacial score (nSPS) is 13.1. The summed E-state index contributed by atoms with van der Waals surface area (Å²) in [5.74, 6) is -1.50. The molecule has 1 aromatic carbocycles. The first-order valence-corrected chi connectivity index (χ1v) is 12.5. The highest BCUT2D eigenvalue weighted by atomic mass is 32.1. The first-order chi connectivity index (χ1) is 16.7. The minimum absolute atomic E-state index is 0.0800. The molecular formula is C25H38N5O4S+. The summed E-state index contributed by atoms with van der Waals surface area (Å²) in [5.41, 5.74) is 1.97. The Balaban J connectivity index is 1.96. The number of nitrogens with zero attached hydrogens (tertiary/aromatic N) is 2. The third kappa shape index (κ3) is 11.0. The molecule has 2 aromatic rings. The van der Waals surface area contributed by atoms with Gasteiger partial charge < -0.3 is 25.2 Å². The van der Waals surface area contributed by atoms with Crippen LogP contribution in [0.15, 0.2) is 42.9 Å². The first kappa shape index (κ1) is 28.4. The molecule has 35 heavy (non-hydrogen) atoms. The number of aliphatic carboxylic acids is 1. The Bertz CT molecular complexity index is 921. The average molecular weight is 505 g/mol. The van der Waals surface area contributed by atoms with Gasteiger partial charge in [-0.1, -0.05) is 30.3 Å². The molecule has 2 amide bonds. The molecule has 2 rings (SSSR count). The van der Waals surface area contributed by atoms with Gasteiger partial charge in [0, 0.05) is 42.4 Å². The van der Waals surface area contributed by atoms with Crippen molar-refractivity contribution in [2.45, 2.75) is 25.7 Å². The van der Waals surface area contributed by atoms with Crippen molar-refractivity contribution >= 4 is 30.4 Å². The molecule has 0 saturated heterocycles. The standard InChI is InChI=1S/C25H37N5O4S/c1-30(2,12-9-23(31)32)13-11-28-24(33)20(14-19-6-4-3-5-7-19)15-21(17-35)25(34)27-10-8-22-16-26-18-29-22/h3-7,16,18,20-21H,8-15,17H2,1-2H3,(H4-,26,27,28,29,31,32,33,34,35)/p+1. The van der Waals surface area contributed by atoms with E-state index in [1.165, 1.54) is 0 Å². The molecule has 0 aliphatic heterocycles. The number of benzene rings is 1. The van der Waals surface area contributed by atoms with Crippen molar-refractivity contribution in [3.8, 4) is 0 Å². The minimum Gasteiger partial charge on any atom is -0.481 e. The van der Waals surface area contributed by atoms with Crippen LogP contribution in [0.4, 0.5) is 0 Å². The average Bonchev–Trinajstić information content (AvgIpc) is 3.34. The molecule has 2 unspecified atom stereocenters.